The quantitative estimate of drug-likeness (QED) is 0.865. The van der Waals surface area contributed by atoms with Crippen LogP contribution in [0.5, 0.6) is 5.75 Å². The van der Waals surface area contributed by atoms with Crippen LogP contribution >= 0.6 is 0 Å². The molecule has 0 fully saturated rings. The van der Waals surface area contributed by atoms with E-state index >= 15 is 0 Å². The molecule has 26 heavy (non-hydrogen) atoms. The van der Waals surface area contributed by atoms with Gasteiger partial charge in [0, 0.05) is 31.3 Å². The van der Waals surface area contributed by atoms with Gasteiger partial charge in [0.25, 0.3) is 5.91 Å². The summed E-state index contributed by atoms with van der Waals surface area (Å²) in [6.07, 6.45) is 0. The molecule has 2 aromatic rings. The second-order valence-electron chi connectivity index (χ2n) is 6.41. The lowest BCUT2D eigenvalue weighted by Crippen LogP contribution is -2.38. The third-order valence-electron chi connectivity index (χ3n) is 4.24. The molecule has 0 spiro atoms. The van der Waals surface area contributed by atoms with Gasteiger partial charge in [0.2, 0.25) is 5.91 Å². The maximum absolute atomic E-state index is 12.3. The molecule has 0 atom stereocenters. The zero-order chi connectivity index (χ0) is 19.3. The van der Waals surface area contributed by atoms with E-state index in [4.69, 9.17) is 4.74 Å². The van der Waals surface area contributed by atoms with Gasteiger partial charge in [-0.15, -0.1) is 0 Å². The predicted molar refractivity (Wildman–Crippen MR) is 104 cm³/mol. The standard InChI is InChI=1S/C21H26N2O3/c1-14-11-15(2)20(16(3)12-14)23(17(4)24)10-9-22-21(25)18-7-6-8-19(13-18)26-5/h6-8,11-13H,9-10H2,1-5H3,(H,22,25). The third kappa shape index (κ3) is 4.63. The summed E-state index contributed by atoms with van der Waals surface area (Å²) in [6.45, 7) is 8.36. The van der Waals surface area contributed by atoms with Crippen molar-refractivity contribution in [3.8, 4) is 5.75 Å². The van der Waals surface area contributed by atoms with Gasteiger partial charge < -0.3 is 15.0 Å². The topological polar surface area (TPSA) is 58.6 Å². The Bertz CT molecular complexity index is 792. The number of benzene rings is 2. The van der Waals surface area contributed by atoms with E-state index in [1.165, 1.54) is 5.56 Å². The number of rotatable bonds is 6. The number of carbonyl (C=O) groups is 2. The average molecular weight is 354 g/mol. The Labute approximate surface area is 155 Å². The SMILES string of the molecule is COc1cccc(C(=O)NCCN(C(C)=O)c2c(C)cc(C)cc2C)c1. The van der Waals surface area contributed by atoms with Gasteiger partial charge >= 0.3 is 0 Å². The molecule has 2 aromatic carbocycles. The van der Waals surface area contributed by atoms with Crippen LogP contribution in [0.1, 0.15) is 34.0 Å². The first kappa shape index (κ1) is 19.5. The summed E-state index contributed by atoms with van der Waals surface area (Å²) in [5.41, 5.74) is 4.72. The van der Waals surface area contributed by atoms with Crippen LogP contribution in [0.25, 0.3) is 0 Å². The first-order valence-corrected chi connectivity index (χ1v) is 8.61. The maximum Gasteiger partial charge on any atom is 0.251 e. The molecule has 138 valence electrons. The lowest BCUT2D eigenvalue weighted by Gasteiger charge is -2.25. The van der Waals surface area contributed by atoms with Crippen molar-refractivity contribution in [1.29, 1.82) is 0 Å². The Kier molecular flexibility index (Phi) is 6.39. The molecule has 1 N–H and O–H groups in total. The summed E-state index contributed by atoms with van der Waals surface area (Å²) < 4.78 is 5.14. The van der Waals surface area contributed by atoms with Gasteiger partial charge in [0.1, 0.15) is 5.75 Å². The maximum atomic E-state index is 12.3. The second-order valence-corrected chi connectivity index (χ2v) is 6.41. The largest absolute Gasteiger partial charge is 0.497 e. The fraction of sp³-hybridized carbons (Fsp3) is 0.333. The molecule has 0 aromatic heterocycles. The first-order chi connectivity index (χ1) is 12.3. The van der Waals surface area contributed by atoms with Crippen molar-refractivity contribution in [3.05, 3.63) is 58.7 Å². The second kappa shape index (κ2) is 8.52. The molecule has 2 amide bonds. The molecule has 0 aliphatic heterocycles. The number of nitrogens with one attached hydrogen (secondary N) is 1. The van der Waals surface area contributed by atoms with Crippen molar-refractivity contribution >= 4 is 17.5 Å². The number of nitrogens with zero attached hydrogens (tertiary/aromatic N) is 1. The van der Waals surface area contributed by atoms with Crippen LogP contribution in [0.2, 0.25) is 0 Å². The number of anilines is 1. The number of hydrogen-bond acceptors (Lipinski definition) is 3. The molecule has 0 heterocycles. The minimum Gasteiger partial charge on any atom is -0.497 e. The van der Waals surface area contributed by atoms with Crippen LogP contribution in [0.15, 0.2) is 36.4 Å². The third-order valence-corrected chi connectivity index (χ3v) is 4.24. The van der Waals surface area contributed by atoms with Gasteiger partial charge in [-0.2, -0.15) is 0 Å². The highest BCUT2D eigenvalue weighted by Gasteiger charge is 2.17. The van der Waals surface area contributed by atoms with Gasteiger partial charge in [0.15, 0.2) is 0 Å². The van der Waals surface area contributed by atoms with Gasteiger partial charge in [0.05, 0.1) is 7.11 Å². The lowest BCUT2D eigenvalue weighted by molar-refractivity contribution is -0.116. The minimum atomic E-state index is -0.190. The van der Waals surface area contributed by atoms with Crippen molar-refractivity contribution in [3.63, 3.8) is 0 Å². The highest BCUT2D eigenvalue weighted by Crippen LogP contribution is 2.26. The molecule has 0 bridgehead atoms. The van der Waals surface area contributed by atoms with Crippen LogP contribution in [0, 0.1) is 20.8 Å². The Morgan fingerprint density at radius 2 is 1.73 bits per heavy atom. The van der Waals surface area contributed by atoms with Crippen LogP contribution in [-0.2, 0) is 4.79 Å². The Morgan fingerprint density at radius 1 is 1.08 bits per heavy atom. The van der Waals surface area contributed by atoms with E-state index in [2.05, 4.69) is 17.4 Å². The molecule has 0 aliphatic carbocycles. The minimum absolute atomic E-state index is 0.0457. The zero-order valence-corrected chi connectivity index (χ0v) is 16.1. The van der Waals surface area contributed by atoms with E-state index in [1.54, 1.807) is 43.2 Å². The summed E-state index contributed by atoms with van der Waals surface area (Å²) >= 11 is 0. The Balaban J connectivity index is 2.08. The van der Waals surface area contributed by atoms with Crippen LogP contribution < -0.4 is 15.0 Å². The van der Waals surface area contributed by atoms with Gasteiger partial charge in [-0.1, -0.05) is 23.8 Å². The van der Waals surface area contributed by atoms with Crippen LogP contribution in [0.3, 0.4) is 0 Å². The van der Waals surface area contributed by atoms with Gasteiger partial charge in [-0.05, 0) is 50.1 Å². The van der Waals surface area contributed by atoms with E-state index in [0.717, 1.165) is 16.8 Å². The molecule has 0 saturated heterocycles. The Morgan fingerprint density at radius 3 is 2.31 bits per heavy atom. The van der Waals surface area contributed by atoms with Crippen LogP contribution in [0.4, 0.5) is 5.69 Å². The average Bonchev–Trinajstić information content (AvgIpc) is 2.59. The van der Waals surface area contributed by atoms with Gasteiger partial charge in [-0.25, -0.2) is 0 Å². The van der Waals surface area contributed by atoms with E-state index in [9.17, 15) is 9.59 Å². The number of methoxy groups -OCH3 is 1. The summed E-state index contributed by atoms with van der Waals surface area (Å²) in [7, 11) is 1.56. The highest BCUT2D eigenvalue weighted by molar-refractivity contribution is 5.95. The normalized spacial score (nSPS) is 10.3. The van der Waals surface area contributed by atoms with E-state index in [-0.39, 0.29) is 11.8 Å². The fourth-order valence-corrected chi connectivity index (χ4v) is 3.17. The number of hydrogen-bond donors (Lipinski definition) is 1. The van der Waals surface area contributed by atoms with E-state index in [0.29, 0.717) is 24.4 Å². The van der Waals surface area contributed by atoms with Crippen molar-refractivity contribution in [1.82, 2.24) is 5.32 Å². The number of ether oxygens (including phenoxy) is 1. The molecule has 0 saturated carbocycles. The summed E-state index contributed by atoms with van der Waals surface area (Å²) in [6, 6.07) is 11.1. The molecular formula is C21H26N2O3. The molecule has 5 heteroatoms. The molecule has 5 nitrogen and oxygen atoms in total. The molecule has 0 unspecified atom stereocenters. The lowest BCUT2D eigenvalue weighted by atomic mass is 10.0. The summed E-state index contributed by atoms with van der Waals surface area (Å²) in [5.74, 6) is 0.398. The predicted octanol–water partition coefficient (Wildman–Crippen LogP) is 3.40. The van der Waals surface area contributed by atoms with Crippen molar-refractivity contribution in [2.24, 2.45) is 0 Å². The highest BCUT2D eigenvalue weighted by atomic mass is 16.5. The molecule has 2 rings (SSSR count). The summed E-state index contributed by atoms with van der Waals surface area (Å²) in [4.78, 5) is 26.2. The first-order valence-electron chi connectivity index (χ1n) is 8.61. The smallest absolute Gasteiger partial charge is 0.251 e. The molecular weight excluding hydrogens is 328 g/mol. The number of amides is 2. The van der Waals surface area contributed by atoms with Crippen LogP contribution in [-0.4, -0.2) is 32.0 Å². The molecule has 0 radical (unpaired) electrons. The Hall–Kier alpha value is -2.82. The fourth-order valence-electron chi connectivity index (χ4n) is 3.17. The van der Waals surface area contributed by atoms with Crippen molar-refractivity contribution in [2.75, 3.05) is 25.1 Å². The van der Waals surface area contributed by atoms with E-state index < -0.39 is 0 Å². The number of aryl methyl sites for hydroxylation is 3. The summed E-state index contributed by atoms with van der Waals surface area (Å²) in [5, 5.41) is 2.87. The molecule has 0 aliphatic rings. The van der Waals surface area contributed by atoms with E-state index in [1.807, 2.05) is 20.8 Å². The van der Waals surface area contributed by atoms with Crippen molar-refractivity contribution < 1.29 is 14.3 Å². The van der Waals surface area contributed by atoms with Gasteiger partial charge in [-0.3, -0.25) is 9.59 Å². The van der Waals surface area contributed by atoms with Crippen molar-refractivity contribution in [2.45, 2.75) is 27.7 Å². The zero-order valence-electron chi connectivity index (χ0n) is 16.1. The number of carbonyl (C=O) groups excluding carboxylic acids is 2. The monoisotopic (exact) mass is 354 g/mol.